The highest BCUT2D eigenvalue weighted by molar-refractivity contribution is 5.93. The third-order valence-corrected chi connectivity index (χ3v) is 3.50. The lowest BCUT2D eigenvalue weighted by molar-refractivity contribution is -0.144. The number of nitrogens with one attached hydrogen (secondary N) is 3. The average Bonchev–Trinajstić information content (AvgIpc) is 2.59. The van der Waals surface area contributed by atoms with Gasteiger partial charge in [0.15, 0.2) is 6.04 Å². The molecule has 0 saturated carbocycles. The molecule has 0 aliphatic heterocycles. The summed E-state index contributed by atoms with van der Waals surface area (Å²) in [5.74, 6) is -7.08. The Hall–Kier alpha value is -3.26. The van der Waals surface area contributed by atoms with Crippen LogP contribution in [0.25, 0.3) is 0 Å². The van der Waals surface area contributed by atoms with Gasteiger partial charge in [-0.3, -0.25) is 24.0 Å². The summed E-state index contributed by atoms with van der Waals surface area (Å²) < 4.78 is 0. The van der Waals surface area contributed by atoms with E-state index in [1.165, 1.54) is 0 Å². The molecule has 0 rings (SSSR count). The van der Waals surface area contributed by atoms with E-state index >= 15 is 0 Å². The fourth-order valence-electron chi connectivity index (χ4n) is 2.00. The first kappa shape index (κ1) is 25.7. The van der Waals surface area contributed by atoms with E-state index < -0.39 is 79.2 Å². The van der Waals surface area contributed by atoms with Crippen LogP contribution in [-0.4, -0.2) is 86.8 Å². The minimum absolute atomic E-state index is 0.375. The molecule has 0 radical (unpaired) electrons. The van der Waals surface area contributed by atoms with Gasteiger partial charge in [0.1, 0.15) is 6.04 Å². The zero-order valence-electron chi connectivity index (χ0n) is 15.5. The Morgan fingerprint density at radius 1 is 0.931 bits per heavy atom. The van der Waals surface area contributed by atoms with Crippen LogP contribution in [-0.2, 0) is 28.8 Å². The van der Waals surface area contributed by atoms with Gasteiger partial charge in [0.25, 0.3) is 0 Å². The third kappa shape index (κ3) is 10.6. The number of carboxylic acids is 3. The van der Waals surface area contributed by atoms with Crippen LogP contribution >= 0.6 is 0 Å². The van der Waals surface area contributed by atoms with Gasteiger partial charge >= 0.3 is 17.9 Å². The predicted molar refractivity (Wildman–Crippen MR) is 93.3 cm³/mol. The Labute approximate surface area is 164 Å². The summed E-state index contributed by atoms with van der Waals surface area (Å²) in [4.78, 5) is 68.0. The molecule has 4 unspecified atom stereocenters. The Bertz CT molecular complexity index is 651. The van der Waals surface area contributed by atoms with Crippen molar-refractivity contribution >= 4 is 35.6 Å². The number of hydrogen-bond donors (Lipinski definition) is 8. The molecule has 0 heterocycles. The minimum Gasteiger partial charge on any atom is -0.481 e. The lowest BCUT2D eigenvalue weighted by Crippen LogP contribution is -2.54. The lowest BCUT2D eigenvalue weighted by Gasteiger charge is -2.20. The summed E-state index contributed by atoms with van der Waals surface area (Å²) in [6.45, 7) is 0.408. The number of aliphatic hydroxyl groups excluding tert-OH is 1. The second-order valence-electron chi connectivity index (χ2n) is 6.04. The number of rotatable bonds is 13. The summed E-state index contributed by atoms with van der Waals surface area (Å²) in [5, 5.41) is 41.7. The SMILES string of the molecule is CC(O)C(NC(=O)CNC(=O)C(CCC(=O)O)NC(=O)C(N)CC(=O)O)C(=O)O. The number of carbonyl (C=O) groups is 6. The summed E-state index contributed by atoms with van der Waals surface area (Å²) in [7, 11) is 0. The van der Waals surface area contributed by atoms with Crippen LogP contribution in [0.5, 0.6) is 0 Å². The number of aliphatic hydroxyl groups is 1. The molecule has 0 aromatic carbocycles. The van der Waals surface area contributed by atoms with Gasteiger partial charge in [0, 0.05) is 6.42 Å². The second-order valence-corrected chi connectivity index (χ2v) is 6.04. The number of carbonyl (C=O) groups excluding carboxylic acids is 3. The lowest BCUT2D eigenvalue weighted by atomic mass is 10.1. The van der Waals surface area contributed by atoms with Crippen LogP contribution in [0.3, 0.4) is 0 Å². The van der Waals surface area contributed by atoms with Gasteiger partial charge in [-0.05, 0) is 13.3 Å². The van der Waals surface area contributed by atoms with Crippen molar-refractivity contribution in [2.45, 2.75) is 50.4 Å². The highest BCUT2D eigenvalue weighted by Crippen LogP contribution is 2.00. The van der Waals surface area contributed by atoms with Crippen LogP contribution in [0.15, 0.2) is 0 Å². The van der Waals surface area contributed by atoms with E-state index in [-0.39, 0.29) is 6.42 Å². The van der Waals surface area contributed by atoms with E-state index in [4.69, 9.17) is 21.1 Å². The molecule has 0 spiro atoms. The molecule has 0 bridgehead atoms. The fourth-order valence-corrected chi connectivity index (χ4v) is 2.00. The molecule has 0 aliphatic rings. The molecular formula is C15H24N4O10. The molecule has 0 aliphatic carbocycles. The molecular weight excluding hydrogens is 396 g/mol. The van der Waals surface area contributed by atoms with Crippen molar-refractivity contribution in [3.63, 3.8) is 0 Å². The molecule has 0 aromatic heterocycles. The van der Waals surface area contributed by atoms with E-state index in [1.54, 1.807) is 0 Å². The molecule has 29 heavy (non-hydrogen) atoms. The molecule has 14 heteroatoms. The molecule has 9 N–H and O–H groups in total. The maximum absolute atomic E-state index is 12.2. The zero-order valence-corrected chi connectivity index (χ0v) is 15.5. The molecule has 3 amide bonds. The van der Waals surface area contributed by atoms with Crippen LogP contribution in [0.4, 0.5) is 0 Å². The van der Waals surface area contributed by atoms with Gasteiger partial charge in [0.05, 0.1) is 25.1 Å². The maximum Gasteiger partial charge on any atom is 0.328 e. The summed E-state index contributed by atoms with van der Waals surface area (Å²) in [5.41, 5.74) is 5.37. The predicted octanol–water partition coefficient (Wildman–Crippen LogP) is -3.80. The maximum atomic E-state index is 12.2. The highest BCUT2D eigenvalue weighted by Gasteiger charge is 2.27. The van der Waals surface area contributed by atoms with Crippen molar-refractivity contribution in [3.8, 4) is 0 Å². The van der Waals surface area contributed by atoms with Crippen LogP contribution in [0.2, 0.25) is 0 Å². The molecule has 164 valence electrons. The Kier molecular flexibility index (Phi) is 10.9. The monoisotopic (exact) mass is 420 g/mol. The number of nitrogens with two attached hydrogens (primary N) is 1. The number of hydrogen-bond acceptors (Lipinski definition) is 8. The third-order valence-electron chi connectivity index (χ3n) is 3.50. The van der Waals surface area contributed by atoms with Crippen LogP contribution in [0.1, 0.15) is 26.2 Å². The van der Waals surface area contributed by atoms with E-state index in [2.05, 4.69) is 10.6 Å². The van der Waals surface area contributed by atoms with Crippen molar-refractivity contribution in [2.24, 2.45) is 5.73 Å². The quantitative estimate of drug-likeness (QED) is 0.143. The smallest absolute Gasteiger partial charge is 0.328 e. The second kappa shape index (κ2) is 12.2. The van der Waals surface area contributed by atoms with Gasteiger partial charge in [-0.1, -0.05) is 0 Å². The first-order valence-electron chi connectivity index (χ1n) is 8.32. The van der Waals surface area contributed by atoms with Gasteiger partial charge in [0.2, 0.25) is 17.7 Å². The van der Waals surface area contributed by atoms with Crippen molar-refractivity contribution < 1.29 is 49.2 Å². The van der Waals surface area contributed by atoms with Gasteiger partial charge in [-0.2, -0.15) is 0 Å². The number of carboxylic acid groups (broad SMARTS) is 3. The molecule has 0 saturated heterocycles. The van der Waals surface area contributed by atoms with Gasteiger partial charge in [-0.15, -0.1) is 0 Å². The van der Waals surface area contributed by atoms with Crippen LogP contribution < -0.4 is 21.7 Å². The van der Waals surface area contributed by atoms with Crippen molar-refractivity contribution in [1.82, 2.24) is 16.0 Å². The summed E-state index contributed by atoms with van der Waals surface area (Å²) in [6, 6.07) is -4.53. The average molecular weight is 420 g/mol. The van der Waals surface area contributed by atoms with Crippen molar-refractivity contribution in [2.75, 3.05) is 6.54 Å². The highest BCUT2D eigenvalue weighted by atomic mass is 16.4. The standard InChI is InChI=1S/C15H24N4O10/c1-6(20)12(15(28)29)19-9(21)5-17-14(27)8(2-3-10(22)23)18-13(26)7(16)4-11(24)25/h6-8,12,20H,2-5,16H2,1H3,(H,17,27)(H,18,26)(H,19,21)(H,22,23)(H,24,25)(H,28,29). The molecule has 0 fully saturated rings. The zero-order chi connectivity index (χ0) is 22.7. The van der Waals surface area contributed by atoms with E-state index in [9.17, 15) is 33.9 Å². The largest absolute Gasteiger partial charge is 0.481 e. The molecule has 0 aromatic rings. The van der Waals surface area contributed by atoms with Gasteiger partial charge < -0.3 is 42.1 Å². The molecule has 4 atom stereocenters. The fraction of sp³-hybridized carbons (Fsp3) is 0.600. The Morgan fingerprint density at radius 3 is 1.97 bits per heavy atom. The summed E-state index contributed by atoms with van der Waals surface area (Å²) >= 11 is 0. The number of aliphatic carboxylic acids is 3. The minimum atomic E-state index is -1.61. The van der Waals surface area contributed by atoms with Crippen molar-refractivity contribution in [1.29, 1.82) is 0 Å². The van der Waals surface area contributed by atoms with E-state index in [0.29, 0.717) is 0 Å². The van der Waals surface area contributed by atoms with Gasteiger partial charge in [-0.25, -0.2) is 4.79 Å². The van der Waals surface area contributed by atoms with E-state index in [0.717, 1.165) is 6.92 Å². The van der Waals surface area contributed by atoms with E-state index in [1.807, 2.05) is 5.32 Å². The Balaban J connectivity index is 4.92. The molecule has 14 nitrogen and oxygen atoms in total. The topological polar surface area (TPSA) is 245 Å². The van der Waals surface area contributed by atoms with Crippen molar-refractivity contribution in [3.05, 3.63) is 0 Å². The summed E-state index contributed by atoms with van der Waals surface area (Å²) in [6.07, 6.45) is -3.04. The van der Waals surface area contributed by atoms with Crippen LogP contribution in [0, 0.1) is 0 Å². The first-order chi connectivity index (χ1) is 13.3. The number of amides is 3. The first-order valence-corrected chi connectivity index (χ1v) is 8.32. The normalized spacial score (nSPS) is 14.6. The Morgan fingerprint density at radius 2 is 1.52 bits per heavy atom.